The molecule has 0 bridgehead atoms. The molecule has 10 aromatic carbocycles. The van der Waals surface area contributed by atoms with E-state index in [0.29, 0.717) is 67.0 Å². The summed E-state index contributed by atoms with van der Waals surface area (Å²) in [5.74, 6) is -1.74. The molecule has 0 unspecified atom stereocenters. The van der Waals surface area contributed by atoms with Crippen molar-refractivity contribution < 1.29 is 63.3 Å². The van der Waals surface area contributed by atoms with Crippen LogP contribution in [-0.4, -0.2) is 95.2 Å². The second kappa shape index (κ2) is 29.8. The van der Waals surface area contributed by atoms with Crippen molar-refractivity contribution in [2.75, 3.05) is 24.7 Å². The van der Waals surface area contributed by atoms with Crippen LogP contribution in [0.3, 0.4) is 0 Å². The van der Waals surface area contributed by atoms with Gasteiger partial charge in [-0.2, -0.15) is 27.4 Å². The van der Waals surface area contributed by atoms with E-state index in [2.05, 4.69) is 12.1 Å². The van der Waals surface area contributed by atoms with Crippen LogP contribution in [-0.2, 0) is 20.2 Å². The number of ether oxygens (including phenoxy) is 4. The van der Waals surface area contributed by atoms with Crippen LogP contribution in [0.25, 0.3) is 66.6 Å². The van der Waals surface area contributed by atoms with Crippen molar-refractivity contribution in [3.63, 3.8) is 0 Å². The van der Waals surface area contributed by atoms with E-state index in [0.717, 1.165) is 21.9 Å². The Morgan fingerprint density at radius 3 is 1.09 bits per heavy atom. The quantitative estimate of drug-likeness (QED) is 0.0187. The minimum absolute atomic E-state index is 0.0235. The van der Waals surface area contributed by atoms with Gasteiger partial charge in [0, 0.05) is 33.3 Å². The summed E-state index contributed by atoms with van der Waals surface area (Å²) in [6.45, 7) is -1.79. The summed E-state index contributed by atoms with van der Waals surface area (Å²) in [5, 5.41) is 26.2. The molecule has 0 aliphatic heterocycles. The molecule has 2 N–H and O–H groups in total. The Bertz CT molecular complexity index is 5510. The van der Waals surface area contributed by atoms with Gasteiger partial charge in [0.2, 0.25) is 11.8 Å². The molecule has 24 heteroatoms. The number of oxazole rings is 2. The number of nitrogens with zero attached hydrogens (tertiary/aromatic N) is 6. The van der Waals surface area contributed by atoms with Gasteiger partial charge in [0.25, 0.3) is 20.2 Å². The Morgan fingerprint density at radius 2 is 0.760 bits per heavy atom. The monoisotopic (exact) mass is 1410 g/mol. The molecule has 0 radical (unpaired) electrons. The molecule has 14 rings (SSSR count). The predicted molar refractivity (Wildman–Crippen MR) is 397 cm³/mol. The van der Waals surface area contributed by atoms with Gasteiger partial charge in [0.05, 0.1) is 46.5 Å². The normalized spacial score (nSPS) is 12.1. The van der Waals surface area contributed by atoms with Crippen LogP contribution in [0.2, 0.25) is 0 Å². The number of hydrogen-bond donors (Lipinski definition) is 2. The number of rotatable bonds is 24. The number of fused-ring (bicyclic) bond motifs is 3. The SMILES string of the molecule is N#C/C(c1nc2ccccc2o1)=c1\c2c(-c3cccc(OC(=O)c4ccc(OCCCS(=O)(=O)O)cc4)c3)n(B(c3ccccc3)c3ccccc3)/c(=C(/C#N)c3nc4ccccc4o3)c2c(-c2cccc(OC(=O)c3ccc(OCCCS(=O)(=O)O)cc3)c2)n1B(c1ccccc1)c1ccccc1. The van der Waals surface area contributed by atoms with Crippen LogP contribution in [0.5, 0.6) is 23.0 Å². The Kier molecular flexibility index (Phi) is 19.6. The Hall–Kier alpha value is -12.8. The van der Waals surface area contributed by atoms with Gasteiger partial charge >= 0.3 is 25.6 Å². The van der Waals surface area contributed by atoms with Crippen molar-refractivity contribution in [1.29, 1.82) is 10.5 Å². The van der Waals surface area contributed by atoms with Crippen molar-refractivity contribution in [2.45, 2.75) is 12.8 Å². The zero-order valence-electron chi connectivity index (χ0n) is 55.1. The highest BCUT2D eigenvalue weighted by molar-refractivity contribution is 7.86. The first-order valence-corrected chi connectivity index (χ1v) is 36.1. The first kappa shape index (κ1) is 68.3. The summed E-state index contributed by atoms with van der Waals surface area (Å²) < 4.78 is 106. The van der Waals surface area contributed by atoms with Crippen molar-refractivity contribution in [1.82, 2.24) is 18.9 Å². The lowest BCUT2D eigenvalue weighted by atomic mass is 9.50. The molecule has 0 atom stereocenters. The number of carbonyl (C=O) groups is 2. The summed E-state index contributed by atoms with van der Waals surface area (Å²) in [5.41, 5.74) is 6.47. The van der Waals surface area contributed by atoms with E-state index < -0.39 is 57.4 Å². The number of para-hydroxylation sites is 4. The summed E-state index contributed by atoms with van der Waals surface area (Å²) in [7, 11) is -8.41. The molecule has 0 spiro atoms. The fourth-order valence-electron chi connectivity index (χ4n) is 12.8. The van der Waals surface area contributed by atoms with E-state index in [-0.39, 0.29) is 82.3 Å². The smallest absolute Gasteiger partial charge is 0.343 e. The average molecular weight is 1410 g/mol. The van der Waals surface area contributed by atoms with Gasteiger partial charge in [-0.05, 0) is 110 Å². The maximum absolute atomic E-state index is 14.5. The molecule has 104 heavy (non-hydrogen) atoms. The fourth-order valence-corrected chi connectivity index (χ4v) is 13.8. The number of nitriles is 2. The lowest BCUT2D eigenvalue weighted by molar-refractivity contribution is 0.0725. The van der Waals surface area contributed by atoms with E-state index >= 15 is 0 Å². The first-order valence-electron chi connectivity index (χ1n) is 32.9. The van der Waals surface area contributed by atoms with Crippen molar-refractivity contribution in [3.05, 3.63) is 301 Å². The highest BCUT2D eigenvalue weighted by Gasteiger charge is 2.38. The largest absolute Gasteiger partial charge is 0.494 e. The third kappa shape index (κ3) is 14.7. The van der Waals surface area contributed by atoms with Gasteiger partial charge in [-0.25, -0.2) is 19.6 Å². The first-order chi connectivity index (χ1) is 50.6. The van der Waals surface area contributed by atoms with E-state index in [4.69, 9.17) is 37.7 Å². The number of hydrogen-bond acceptors (Lipinski definition) is 16. The number of benzene rings is 10. The molecule has 4 heterocycles. The Labute approximate surface area is 596 Å². The second-order valence-electron chi connectivity index (χ2n) is 24.1. The Morgan fingerprint density at radius 1 is 0.423 bits per heavy atom. The van der Waals surface area contributed by atoms with Crippen molar-refractivity contribution in [3.8, 4) is 57.7 Å². The molecule has 14 aromatic rings. The molecule has 0 fully saturated rings. The Balaban J connectivity index is 1.12. The number of esters is 2. The maximum atomic E-state index is 14.5. The molecule has 0 amide bonds. The zero-order valence-corrected chi connectivity index (χ0v) is 56.7. The van der Waals surface area contributed by atoms with E-state index in [9.17, 15) is 46.1 Å². The minimum atomic E-state index is -4.20. The molecule has 20 nitrogen and oxygen atoms in total. The summed E-state index contributed by atoms with van der Waals surface area (Å²) in [4.78, 5) is 39.2. The molecular formula is C80H58B2N6O14S2. The van der Waals surface area contributed by atoms with Gasteiger partial charge < -0.3 is 36.7 Å². The fraction of sp³-hybridized carbons (Fsp3) is 0.0750. The minimum Gasteiger partial charge on any atom is -0.494 e. The van der Waals surface area contributed by atoms with E-state index in [1.807, 2.05) is 155 Å². The summed E-state index contributed by atoms with van der Waals surface area (Å²) >= 11 is 0. The molecule has 0 aliphatic carbocycles. The zero-order chi connectivity index (χ0) is 71.9. The topological polar surface area (TPSA) is 289 Å². The number of carbonyl (C=O) groups excluding carboxylic acids is 2. The molecule has 0 aliphatic rings. The highest BCUT2D eigenvalue weighted by Crippen LogP contribution is 2.39. The molecule has 0 saturated carbocycles. The molecule has 0 saturated heterocycles. The van der Waals surface area contributed by atoms with Gasteiger partial charge in [0.15, 0.2) is 11.2 Å². The standard InChI is InChI=1S/C80H58B2N6O14S2/c83-51-65(77-85-67-33-13-15-35-69(67)101-77)75-72-71(73(87(75)81(57-23-5-1-6-24-57)58-25-7-2-8-26-58)55-21-17-31-63(49-55)99-79(89)53-37-41-61(42-38-53)97-45-19-47-103(91,92)93)76(66(52-84)78-86-68-34-14-16-36-70(68)102-78)88(82(59-27-9-3-10-28-59)60-29-11-4-12-30-60)74(72)56-22-18-32-64(50-56)100-80(90)54-39-43-62(44-40-54)98-46-20-48-104(94,95)96/h1-18,21-44,49-50H,19-20,45-48H2,(H,91,92,93)(H,94,95,96)/b75-65-,76-66-. The molecule has 4 aromatic heterocycles. The van der Waals surface area contributed by atoms with Crippen molar-refractivity contribution in [2.24, 2.45) is 0 Å². The molecule has 510 valence electrons. The lowest BCUT2D eigenvalue weighted by Gasteiger charge is -2.24. The maximum Gasteiger partial charge on any atom is 0.343 e. The highest BCUT2D eigenvalue weighted by atomic mass is 32.2. The number of aromatic nitrogens is 4. The van der Waals surface area contributed by atoms with Crippen LogP contribution < -0.4 is 51.5 Å². The average Bonchev–Trinajstić information content (AvgIpc) is 1.52. The van der Waals surface area contributed by atoms with Crippen LogP contribution in [0.4, 0.5) is 0 Å². The van der Waals surface area contributed by atoms with E-state index in [1.165, 1.54) is 24.3 Å². The summed E-state index contributed by atoms with van der Waals surface area (Å²) in [6.07, 6.45) is 0.0486. The summed E-state index contributed by atoms with van der Waals surface area (Å²) in [6, 6.07) is 84.4. The van der Waals surface area contributed by atoms with Crippen molar-refractivity contribution >= 4 is 112 Å². The van der Waals surface area contributed by atoms with Crippen LogP contribution in [0.1, 0.15) is 45.3 Å². The van der Waals surface area contributed by atoms with E-state index in [1.54, 1.807) is 97.1 Å². The molecular weight excluding hydrogens is 1350 g/mol. The van der Waals surface area contributed by atoms with Gasteiger partial charge in [-0.1, -0.05) is 192 Å². The van der Waals surface area contributed by atoms with Crippen LogP contribution >= 0.6 is 0 Å². The van der Waals surface area contributed by atoms with Gasteiger partial charge in [-0.15, -0.1) is 0 Å². The van der Waals surface area contributed by atoms with Gasteiger partial charge in [-0.3, -0.25) is 9.11 Å². The van der Waals surface area contributed by atoms with Crippen LogP contribution in [0.15, 0.2) is 276 Å². The third-order valence-electron chi connectivity index (χ3n) is 17.3. The predicted octanol–water partition coefficient (Wildman–Crippen LogP) is 10.6. The van der Waals surface area contributed by atoms with Gasteiger partial charge in [0.1, 0.15) is 57.3 Å². The lowest BCUT2D eigenvalue weighted by Crippen LogP contribution is -2.54. The second-order valence-corrected chi connectivity index (χ2v) is 27.3. The van der Waals surface area contributed by atoms with Crippen LogP contribution in [0, 0.1) is 22.7 Å². The third-order valence-corrected chi connectivity index (χ3v) is 18.9.